The van der Waals surface area contributed by atoms with Gasteiger partial charge in [0.15, 0.2) is 11.3 Å². The molecule has 0 spiro atoms. The fourth-order valence-corrected chi connectivity index (χ4v) is 0.127. The van der Waals surface area contributed by atoms with Gasteiger partial charge in [-0.1, -0.05) is 0 Å². The Morgan fingerprint density at radius 1 is 2.00 bits per heavy atom. The van der Waals surface area contributed by atoms with Gasteiger partial charge in [0.2, 0.25) is 0 Å². The molecular formula is CClNOS. The Kier molecular flexibility index (Phi) is 3.80. The molecule has 0 bridgehead atoms. The van der Waals surface area contributed by atoms with Crippen molar-refractivity contribution in [1.29, 1.82) is 0 Å². The highest BCUT2D eigenvalue weighted by Crippen LogP contribution is 1.61. The minimum absolute atomic E-state index is 0.103. The third-order valence-electron chi connectivity index (χ3n) is 0.0718. The highest BCUT2D eigenvalue weighted by molar-refractivity contribution is 7.64. The molecule has 0 fully saturated rings. The van der Waals surface area contributed by atoms with Crippen LogP contribution in [0.2, 0.25) is 0 Å². The van der Waals surface area contributed by atoms with Crippen molar-refractivity contribution >= 4 is 28.2 Å². The van der Waals surface area contributed by atoms with Crippen LogP contribution in [0.25, 0.3) is 0 Å². The van der Waals surface area contributed by atoms with Crippen molar-refractivity contribution in [2.75, 3.05) is 0 Å². The van der Waals surface area contributed by atoms with Crippen molar-refractivity contribution < 1.29 is 4.21 Å². The van der Waals surface area contributed by atoms with Crippen molar-refractivity contribution in [3.05, 3.63) is 0 Å². The lowest BCUT2D eigenvalue weighted by Crippen LogP contribution is -1.35. The van der Waals surface area contributed by atoms with E-state index < -0.39 is 0 Å². The number of rotatable bonds is 0. The van der Waals surface area contributed by atoms with Crippen LogP contribution in [-0.4, -0.2) is 9.37 Å². The lowest BCUT2D eigenvalue weighted by atomic mass is 11.8. The number of hydrogen-bond donors (Lipinski definition) is 0. The van der Waals surface area contributed by atoms with E-state index in [2.05, 4.69) is 16.3 Å². The molecule has 0 aromatic rings. The number of isothiocyanates is 1. The van der Waals surface area contributed by atoms with E-state index in [1.165, 1.54) is 0 Å². The molecule has 5 heavy (non-hydrogen) atoms. The van der Waals surface area contributed by atoms with E-state index in [-0.39, 0.29) is 11.3 Å². The lowest BCUT2D eigenvalue weighted by molar-refractivity contribution is 0.701. The first kappa shape index (κ1) is 4.89. The van der Waals surface area contributed by atoms with Gasteiger partial charge in [-0.15, -0.1) is 4.51 Å². The molecule has 2 nitrogen and oxygen atoms in total. The quantitative estimate of drug-likeness (QED) is 0.324. The smallest absolute Gasteiger partial charge is 0.164 e. The molecule has 0 aliphatic rings. The molecule has 0 aliphatic carbocycles. The highest BCUT2D eigenvalue weighted by Gasteiger charge is 1.37. The van der Waals surface area contributed by atoms with Gasteiger partial charge in [-0.3, -0.25) is 0 Å². The van der Waals surface area contributed by atoms with Gasteiger partial charge in [0.05, 0.1) is 0 Å². The van der Waals surface area contributed by atoms with E-state index in [0.29, 0.717) is 0 Å². The molecular weight excluding hydrogens is 110 g/mol. The van der Waals surface area contributed by atoms with Crippen LogP contribution in [0.5, 0.6) is 0 Å². The van der Waals surface area contributed by atoms with E-state index >= 15 is 0 Å². The van der Waals surface area contributed by atoms with Crippen molar-refractivity contribution in [3.63, 3.8) is 0 Å². The molecule has 0 unspecified atom stereocenters. The van der Waals surface area contributed by atoms with E-state index in [1.54, 1.807) is 0 Å². The minimum Gasteiger partial charge on any atom is -0.201 e. The first-order chi connectivity index (χ1) is 2.41. The van der Waals surface area contributed by atoms with Crippen LogP contribution in [-0.2, 0) is 11.3 Å². The van der Waals surface area contributed by atoms with Crippen LogP contribution in [0, 0.1) is 0 Å². The van der Waals surface area contributed by atoms with Gasteiger partial charge in [0, 0.05) is 11.8 Å². The maximum atomic E-state index is 9.16. The lowest BCUT2D eigenvalue weighted by Gasteiger charge is -1.34. The zero-order valence-corrected chi connectivity index (χ0v) is 3.71. The SMILES string of the molecule is O=S=C=NCl. The second-order valence-electron chi connectivity index (χ2n) is 0.259. The summed E-state index contributed by atoms with van der Waals surface area (Å²) < 4.78 is 11.9. The third kappa shape index (κ3) is 3.89. The molecule has 0 amide bonds. The second-order valence-corrected chi connectivity index (χ2v) is 0.777. The summed E-state index contributed by atoms with van der Waals surface area (Å²) in [6.45, 7) is 0. The average Bonchev–Trinajstić information content (AvgIpc) is 1.41. The molecule has 4 heteroatoms. The van der Waals surface area contributed by atoms with E-state index in [4.69, 9.17) is 4.21 Å². The number of hydrogen-bond acceptors (Lipinski definition) is 2. The zero-order chi connectivity index (χ0) is 4.12. The van der Waals surface area contributed by atoms with E-state index in [9.17, 15) is 0 Å². The van der Waals surface area contributed by atoms with Crippen molar-refractivity contribution in [3.8, 4) is 0 Å². The van der Waals surface area contributed by atoms with Crippen molar-refractivity contribution in [2.45, 2.75) is 0 Å². The normalized spacial score (nSPS) is 5.00. The number of nitrogens with zero attached hydrogens (tertiary/aromatic N) is 1. The Bertz CT molecular complexity index is 89.8. The molecule has 0 radical (unpaired) electrons. The molecule has 0 atom stereocenters. The molecule has 0 saturated carbocycles. The molecule has 0 heterocycles. The second kappa shape index (κ2) is 3.89. The summed E-state index contributed by atoms with van der Waals surface area (Å²) in [4.78, 5) is 0. The van der Waals surface area contributed by atoms with Gasteiger partial charge < -0.3 is 0 Å². The van der Waals surface area contributed by atoms with Crippen LogP contribution in [0.4, 0.5) is 0 Å². The number of halogens is 1. The third-order valence-corrected chi connectivity index (χ3v) is 0.422. The average molecular weight is 110 g/mol. The molecule has 28 valence electrons. The molecule has 0 aromatic carbocycles. The first-order valence-corrected chi connectivity index (χ1v) is 1.84. The van der Waals surface area contributed by atoms with Gasteiger partial charge in [-0.25, -0.2) is 4.21 Å². The van der Waals surface area contributed by atoms with Gasteiger partial charge in [-0.05, 0) is 0 Å². The largest absolute Gasteiger partial charge is 0.201 e. The fraction of sp³-hybridized carbons (Fsp3) is 0. The minimum atomic E-state index is 0.103. The molecule has 0 aromatic heterocycles. The van der Waals surface area contributed by atoms with Crippen LogP contribution < -0.4 is 0 Å². The molecule has 0 aliphatic heterocycles. The predicted octanol–water partition coefficient (Wildman–Crippen LogP) is 0.258. The Morgan fingerprint density at radius 3 is 2.60 bits per heavy atom. The zero-order valence-electron chi connectivity index (χ0n) is 2.14. The summed E-state index contributed by atoms with van der Waals surface area (Å²) in [7, 11) is 0. The predicted molar refractivity (Wildman–Crippen MR) is 21.4 cm³/mol. The highest BCUT2D eigenvalue weighted by atomic mass is 35.5. The van der Waals surface area contributed by atoms with Gasteiger partial charge in [-0.2, -0.15) is 0 Å². The fourth-order valence-electron chi connectivity index (χ4n) is 0.0141. The van der Waals surface area contributed by atoms with Gasteiger partial charge in [0.25, 0.3) is 0 Å². The summed E-state index contributed by atoms with van der Waals surface area (Å²) in [6.07, 6.45) is 0. The summed E-state index contributed by atoms with van der Waals surface area (Å²) >= 11 is 4.70. The van der Waals surface area contributed by atoms with Gasteiger partial charge >= 0.3 is 0 Å². The Labute approximate surface area is 37.7 Å². The monoisotopic (exact) mass is 109 g/mol. The summed E-state index contributed by atoms with van der Waals surface area (Å²) in [5.41, 5.74) is 0. The van der Waals surface area contributed by atoms with Gasteiger partial charge in [0.1, 0.15) is 5.16 Å². The first-order valence-electron chi connectivity index (χ1n) is 0.763. The van der Waals surface area contributed by atoms with Crippen molar-refractivity contribution in [2.24, 2.45) is 4.51 Å². The molecule has 0 saturated heterocycles. The Balaban J connectivity index is 3.75. The summed E-state index contributed by atoms with van der Waals surface area (Å²) in [5, 5.41) is 1.86. The van der Waals surface area contributed by atoms with E-state index in [1.807, 2.05) is 5.16 Å². The Hall–Kier alpha value is -0.110. The topological polar surface area (TPSA) is 29.4 Å². The van der Waals surface area contributed by atoms with Crippen LogP contribution in [0.1, 0.15) is 0 Å². The maximum absolute atomic E-state index is 9.16. The van der Waals surface area contributed by atoms with Crippen LogP contribution >= 0.6 is 11.8 Å². The standard InChI is InChI=1S/CClNOS/c2-3-1-5-4. The molecule has 0 rings (SSSR count). The summed E-state index contributed by atoms with van der Waals surface area (Å²) in [5.74, 6) is 0. The molecule has 0 N–H and O–H groups in total. The van der Waals surface area contributed by atoms with E-state index in [0.717, 1.165) is 0 Å². The van der Waals surface area contributed by atoms with Crippen LogP contribution in [0.15, 0.2) is 4.51 Å². The Morgan fingerprint density at radius 2 is 2.60 bits per heavy atom. The van der Waals surface area contributed by atoms with Crippen molar-refractivity contribution in [1.82, 2.24) is 0 Å². The van der Waals surface area contributed by atoms with Crippen LogP contribution in [0.3, 0.4) is 0 Å². The summed E-state index contributed by atoms with van der Waals surface area (Å²) in [6, 6.07) is 0. The maximum Gasteiger partial charge on any atom is 0.164 e.